The lowest BCUT2D eigenvalue weighted by atomic mass is 9.95. The van der Waals surface area contributed by atoms with E-state index >= 15 is 0 Å². The van der Waals surface area contributed by atoms with Gasteiger partial charge in [-0.1, -0.05) is 72.8 Å². The fourth-order valence-electron chi connectivity index (χ4n) is 5.10. The highest BCUT2D eigenvalue weighted by molar-refractivity contribution is 5.99. The summed E-state index contributed by atoms with van der Waals surface area (Å²) in [5, 5.41) is 22.1. The number of ketones is 1. The summed E-state index contributed by atoms with van der Waals surface area (Å²) in [6.45, 7) is -0.265. The van der Waals surface area contributed by atoms with E-state index < -0.39 is 30.3 Å². The summed E-state index contributed by atoms with van der Waals surface area (Å²) < 4.78 is 15.4. The number of para-hydroxylation sites is 2. The molecule has 49 heavy (non-hydrogen) atoms. The number of fused-ring (bicyclic) bond motifs is 1. The van der Waals surface area contributed by atoms with Crippen LogP contribution in [-0.2, 0) is 33.1 Å². The number of anilines is 4. The second-order valence-corrected chi connectivity index (χ2v) is 11.0. The van der Waals surface area contributed by atoms with Gasteiger partial charge in [0.1, 0.15) is 19.8 Å². The first kappa shape index (κ1) is 32.2. The molecule has 0 saturated heterocycles. The van der Waals surface area contributed by atoms with Crippen molar-refractivity contribution in [1.29, 1.82) is 0 Å². The molecule has 1 aliphatic rings. The van der Waals surface area contributed by atoms with Crippen LogP contribution in [0.25, 0.3) is 0 Å². The quantitative estimate of drug-likeness (QED) is 0.104. The third kappa shape index (κ3) is 8.18. The van der Waals surface area contributed by atoms with Crippen molar-refractivity contribution in [2.24, 2.45) is 0 Å². The average Bonchev–Trinajstić information content (AvgIpc) is 3.75. The monoisotopic (exact) mass is 661 g/mol. The van der Waals surface area contributed by atoms with Gasteiger partial charge in [0.2, 0.25) is 11.7 Å². The Kier molecular flexibility index (Phi) is 9.75. The van der Waals surface area contributed by atoms with Gasteiger partial charge in [-0.15, -0.1) is 0 Å². The van der Waals surface area contributed by atoms with E-state index in [1.54, 1.807) is 24.3 Å². The molecule has 6 rings (SSSR count). The maximum Gasteiger partial charge on any atom is 0.411 e. The first-order chi connectivity index (χ1) is 23.9. The van der Waals surface area contributed by atoms with Gasteiger partial charge in [0.25, 0.3) is 0 Å². The van der Waals surface area contributed by atoms with Crippen LogP contribution < -0.4 is 26.6 Å². The van der Waals surface area contributed by atoms with Gasteiger partial charge in [-0.25, -0.2) is 14.2 Å². The lowest BCUT2D eigenvalue weighted by molar-refractivity contribution is -0.115. The fraction of sp³-hybridized carbons (Fsp3) is 0.143. The van der Waals surface area contributed by atoms with Gasteiger partial charge in [0, 0.05) is 11.3 Å². The van der Waals surface area contributed by atoms with Crippen LogP contribution in [0.2, 0.25) is 0 Å². The number of hydrogen-bond acceptors (Lipinski definition) is 11. The second-order valence-electron chi connectivity index (χ2n) is 11.0. The number of nitrogens with one attached hydrogen (secondary N) is 5. The van der Waals surface area contributed by atoms with Crippen LogP contribution in [0, 0.1) is 0 Å². The molecule has 0 saturated carbocycles. The number of nitrogens with zero attached hydrogens (tertiary/aromatic N) is 2. The van der Waals surface area contributed by atoms with E-state index in [1.807, 2.05) is 84.9 Å². The van der Waals surface area contributed by atoms with Gasteiger partial charge in [-0.3, -0.25) is 14.9 Å². The summed E-state index contributed by atoms with van der Waals surface area (Å²) in [6.07, 6.45) is -1.60. The van der Waals surface area contributed by atoms with Crippen LogP contribution in [0.3, 0.4) is 0 Å². The molecule has 3 amide bonds. The van der Waals surface area contributed by atoms with E-state index in [1.165, 1.54) is 0 Å². The molecule has 248 valence electrons. The zero-order valence-corrected chi connectivity index (χ0v) is 26.0. The van der Waals surface area contributed by atoms with E-state index in [4.69, 9.17) is 14.1 Å². The van der Waals surface area contributed by atoms with Crippen LogP contribution in [0.1, 0.15) is 33.6 Å². The first-order valence-corrected chi connectivity index (χ1v) is 15.2. The predicted molar refractivity (Wildman–Crippen MR) is 179 cm³/mol. The highest BCUT2D eigenvalue weighted by Crippen LogP contribution is 2.43. The van der Waals surface area contributed by atoms with Crippen LogP contribution in [0.5, 0.6) is 0 Å². The number of ether oxygens (including phenoxy) is 2. The standard InChI is InChI=1S/C35H31N7O7/c43-29(25-15-17-26(18-16-25)37-34(46)48-22-24-11-5-2-6-12-24)19-35(39-27-13-7-8-14-28(27)40-35)31-32(42-49-41-31)38-30(44)20-36-33(45)47-21-23-9-3-1-4-10-23/h1-18,39-40H,19-22H2,(H,36,45)(H,37,46)(H,38,42,44). The van der Waals surface area contributed by atoms with Crippen molar-refractivity contribution < 1.29 is 33.3 Å². The van der Waals surface area contributed by atoms with Gasteiger partial charge >= 0.3 is 12.2 Å². The molecule has 0 unspecified atom stereocenters. The minimum absolute atomic E-state index is 0.0423. The third-order valence-corrected chi connectivity index (χ3v) is 7.47. The maximum absolute atomic E-state index is 13.7. The molecule has 14 heteroatoms. The topological polar surface area (TPSA) is 186 Å². The number of benzene rings is 4. The molecule has 0 bridgehead atoms. The van der Waals surface area contributed by atoms with E-state index in [9.17, 15) is 19.2 Å². The number of carbonyl (C=O) groups excluding carboxylic acids is 4. The number of hydrogen-bond donors (Lipinski definition) is 5. The van der Waals surface area contributed by atoms with Crippen molar-refractivity contribution in [3.05, 3.63) is 132 Å². The van der Waals surface area contributed by atoms with Gasteiger partial charge in [0.15, 0.2) is 17.1 Å². The van der Waals surface area contributed by atoms with Crippen molar-refractivity contribution in [3.8, 4) is 0 Å². The molecule has 0 atom stereocenters. The fourth-order valence-corrected chi connectivity index (χ4v) is 5.10. The van der Waals surface area contributed by atoms with E-state index in [-0.39, 0.29) is 36.9 Å². The molecule has 14 nitrogen and oxygen atoms in total. The highest BCUT2D eigenvalue weighted by atomic mass is 16.6. The summed E-state index contributed by atoms with van der Waals surface area (Å²) in [6, 6.07) is 32.0. The molecule has 0 spiro atoms. The Morgan fingerprint density at radius 3 is 1.86 bits per heavy atom. The second kappa shape index (κ2) is 14.8. The average molecular weight is 662 g/mol. The summed E-state index contributed by atoms with van der Waals surface area (Å²) >= 11 is 0. The number of rotatable bonds is 12. The van der Waals surface area contributed by atoms with Gasteiger partial charge < -0.3 is 30.7 Å². The molecule has 1 aliphatic heterocycles. The largest absolute Gasteiger partial charge is 0.445 e. The van der Waals surface area contributed by atoms with Crippen molar-refractivity contribution >= 4 is 46.8 Å². The zero-order valence-electron chi connectivity index (χ0n) is 26.0. The van der Waals surface area contributed by atoms with E-state index in [0.29, 0.717) is 22.6 Å². The SMILES string of the molecule is O=C(CNC(=O)OCc1ccccc1)Nc1nonc1C1(CC(=O)c2ccc(NC(=O)OCc3ccccc3)cc2)Nc2ccccc2N1. The predicted octanol–water partition coefficient (Wildman–Crippen LogP) is 5.65. The van der Waals surface area contributed by atoms with Crippen molar-refractivity contribution in [2.75, 3.05) is 27.8 Å². The Balaban J connectivity index is 1.10. The number of Topliss-reactive ketones (excluding diaryl/α,β-unsaturated/α-hetero) is 1. The van der Waals surface area contributed by atoms with Crippen molar-refractivity contribution in [3.63, 3.8) is 0 Å². The molecule has 0 radical (unpaired) electrons. The van der Waals surface area contributed by atoms with Crippen LogP contribution in [0.15, 0.2) is 114 Å². The van der Waals surface area contributed by atoms with Crippen LogP contribution in [-0.4, -0.2) is 40.7 Å². The number of amides is 3. The number of alkyl carbamates (subject to hydrolysis) is 1. The smallest absolute Gasteiger partial charge is 0.411 e. The normalized spacial score (nSPS) is 12.4. The Bertz CT molecular complexity index is 1910. The lowest BCUT2D eigenvalue weighted by Gasteiger charge is -2.28. The van der Waals surface area contributed by atoms with Crippen molar-refractivity contribution in [1.82, 2.24) is 15.6 Å². The Morgan fingerprint density at radius 1 is 0.673 bits per heavy atom. The Labute approximate surface area is 280 Å². The maximum atomic E-state index is 13.7. The van der Waals surface area contributed by atoms with Gasteiger partial charge in [0.05, 0.1) is 17.8 Å². The lowest BCUT2D eigenvalue weighted by Crippen LogP contribution is -2.42. The minimum Gasteiger partial charge on any atom is -0.445 e. The third-order valence-electron chi connectivity index (χ3n) is 7.47. The molecule has 0 aliphatic carbocycles. The molecular weight excluding hydrogens is 630 g/mol. The minimum atomic E-state index is -1.37. The van der Waals surface area contributed by atoms with Crippen molar-refractivity contribution in [2.45, 2.75) is 25.3 Å². The number of aromatic nitrogens is 2. The zero-order chi connectivity index (χ0) is 34.1. The number of carbonyl (C=O) groups is 4. The van der Waals surface area contributed by atoms with E-state index in [0.717, 1.165) is 11.1 Å². The molecule has 5 N–H and O–H groups in total. The Hall–Kier alpha value is -6.70. The van der Waals surface area contributed by atoms with Crippen LogP contribution in [0.4, 0.5) is 32.5 Å². The summed E-state index contributed by atoms with van der Waals surface area (Å²) in [5.74, 6) is -0.983. The molecule has 0 fully saturated rings. The molecule has 2 heterocycles. The summed E-state index contributed by atoms with van der Waals surface area (Å²) in [7, 11) is 0. The summed E-state index contributed by atoms with van der Waals surface area (Å²) in [4.78, 5) is 50.9. The molecular formula is C35H31N7O7. The molecule has 1 aromatic heterocycles. The van der Waals surface area contributed by atoms with Gasteiger partial charge in [-0.2, -0.15) is 0 Å². The van der Waals surface area contributed by atoms with Crippen LogP contribution >= 0.6 is 0 Å². The first-order valence-electron chi connectivity index (χ1n) is 15.2. The Morgan fingerprint density at radius 2 is 1.24 bits per heavy atom. The van der Waals surface area contributed by atoms with E-state index in [2.05, 4.69) is 36.9 Å². The molecule has 4 aromatic carbocycles. The summed E-state index contributed by atoms with van der Waals surface area (Å²) in [5.41, 5.74) is 2.55. The molecule has 5 aromatic rings. The van der Waals surface area contributed by atoms with Gasteiger partial charge in [-0.05, 0) is 57.8 Å². The highest BCUT2D eigenvalue weighted by Gasteiger charge is 2.45.